The van der Waals surface area contributed by atoms with Crippen LogP contribution in [-0.4, -0.2) is 25.6 Å². The number of carbonyl (C=O) groups is 2. The Bertz CT molecular complexity index is 1650. The lowest BCUT2D eigenvalue weighted by Crippen LogP contribution is -2.13. The summed E-state index contributed by atoms with van der Waals surface area (Å²) in [5.41, 5.74) is 2.90. The van der Waals surface area contributed by atoms with Crippen LogP contribution in [0.5, 0.6) is 17.2 Å². The molecule has 0 saturated heterocycles. The van der Waals surface area contributed by atoms with Crippen LogP contribution in [0.4, 0.5) is 5.69 Å². The third-order valence-corrected chi connectivity index (χ3v) is 6.38. The lowest BCUT2D eigenvalue weighted by atomic mass is 10.1. The Kier molecular flexibility index (Phi) is 10.8. The van der Waals surface area contributed by atoms with Gasteiger partial charge in [-0.25, -0.2) is 4.79 Å². The zero-order chi connectivity index (χ0) is 30.6. The van der Waals surface area contributed by atoms with Crippen molar-refractivity contribution in [2.75, 3.05) is 19.0 Å². The lowest BCUT2D eigenvalue weighted by Gasteiger charge is -2.15. The Hall–Kier alpha value is -5.26. The minimum absolute atomic E-state index is 0.164. The molecule has 0 spiro atoms. The van der Waals surface area contributed by atoms with Gasteiger partial charge in [-0.2, -0.15) is 5.26 Å². The minimum atomic E-state index is -0.633. The van der Waals surface area contributed by atoms with Gasteiger partial charge in [0.05, 0.1) is 19.3 Å². The van der Waals surface area contributed by atoms with Crippen molar-refractivity contribution in [2.24, 2.45) is 0 Å². The van der Waals surface area contributed by atoms with E-state index in [0.717, 1.165) is 11.1 Å². The molecule has 0 aromatic heterocycles. The third kappa shape index (κ3) is 8.62. The molecule has 4 rings (SSSR count). The van der Waals surface area contributed by atoms with Crippen molar-refractivity contribution in [3.8, 4) is 23.3 Å². The SMILES string of the molecule is CCOc1cc(COc2ccc(Cl)cc2/C=C(/C#N)C(=O)Nc2ccc(C(=O)OC)cc2)ccc1OCc1ccccc1. The first-order chi connectivity index (χ1) is 20.9. The Labute approximate surface area is 255 Å². The maximum absolute atomic E-state index is 12.9. The molecule has 0 aliphatic carbocycles. The van der Waals surface area contributed by atoms with Gasteiger partial charge in [-0.3, -0.25) is 4.79 Å². The standard InChI is InChI=1S/C34H29ClN2O6/c1-3-41-32-17-24(9-15-31(32)43-21-23-7-5-4-6-8-23)22-42-30-16-12-28(35)19-26(30)18-27(20-36)33(38)37-29-13-10-25(11-14-29)34(39)40-2/h4-19H,3,21-22H2,1-2H3,(H,37,38)/b27-18-. The van der Waals surface area contributed by atoms with Gasteiger partial charge < -0.3 is 24.3 Å². The van der Waals surface area contributed by atoms with Gasteiger partial charge in [-0.15, -0.1) is 0 Å². The average Bonchev–Trinajstić information content (AvgIpc) is 3.03. The molecule has 0 saturated carbocycles. The molecule has 9 heteroatoms. The number of benzene rings is 4. The second kappa shape index (κ2) is 15.1. The van der Waals surface area contributed by atoms with Gasteiger partial charge in [0, 0.05) is 16.3 Å². The summed E-state index contributed by atoms with van der Waals surface area (Å²) in [6.07, 6.45) is 1.41. The molecular formula is C34H29ClN2O6. The number of anilines is 1. The predicted octanol–water partition coefficient (Wildman–Crippen LogP) is 7.23. The smallest absolute Gasteiger partial charge is 0.337 e. The van der Waals surface area contributed by atoms with Crippen LogP contribution in [0.15, 0.2) is 96.6 Å². The second-order valence-electron chi connectivity index (χ2n) is 9.15. The third-order valence-electron chi connectivity index (χ3n) is 6.14. The normalized spacial score (nSPS) is 10.8. The first kappa shape index (κ1) is 30.7. The van der Waals surface area contributed by atoms with Gasteiger partial charge >= 0.3 is 5.97 Å². The number of hydrogen-bond donors (Lipinski definition) is 1. The summed E-state index contributed by atoms with van der Waals surface area (Å²) in [5.74, 6) is 0.514. The van der Waals surface area contributed by atoms with Crippen molar-refractivity contribution < 1.29 is 28.5 Å². The molecule has 218 valence electrons. The molecule has 4 aromatic carbocycles. The Balaban J connectivity index is 1.48. The first-order valence-corrected chi connectivity index (χ1v) is 13.7. The molecule has 0 aliphatic heterocycles. The number of hydrogen-bond acceptors (Lipinski definition) is 7. The van der Waals surface area contributed by atoms with Gasteiger partial charge in [-0.1, -0.05) is 48.0 Å². The van der Waals surface area contributed by atoms with Gasteiger partial charge in [0.2, 0.25) is 0 Å². The average molecular weight is 597 g/mol. The van der Waals surface area contributed by atoms with Crippen molar-refractivity contribution in [1.29, 1.82) is 5.26 Å². The molecule has 0 bridgehead atoms. The fraction of sp³-hybridized carbons (Fsp3) is 0.147. The highest BCUT2D eigenvalue weighted by atomic mass is 35.5. The first-order valence-electron chi connectivity index (χ1n) is 13.4. The molecule has 0 heterocycles. The molecule has 0 fully saturated rings. The number of esters is 1. The van der Waals surface area contributed by atoms with E-state index in [4.69, 9.17) is 25.8 Å². The van der Waals surface area contributed by atoms with E-state index in [1.165, 1.54) is 25.3 Å². The monoisotopic (exact) mass is 596 g/mol. The summed E-state index contributed by atoms with van der Waals surface area (Å²) in [4.78, 5) is 24.5. The molecule has 0 atom stereocenters. The summed E-state index contributed by atoms with van der Waals surface area (Å²) in [5, 5.41) is 12.8. The lowest BCUT2D eigenvalue weighted by molar-refractivity contribution is -0.112. The number of carbonyl (C=O) groups excluding carboxylic acids is 2. The number of amides is 1. The van der Waals surface area contributed by atoms with Crippen LogP contribution in [0.3, 0.4) is 0 Å². The van der Waals surface area contributed by atoms with Crippen molar-refractivity contribution in [3.63, 3.8) is 0 Å². The Morgan fingerprint density at radius 2 is 1.53 bits per heavy atom. The molecule has 4 aromatic rings. The Morgan fingerprint density at radius 1 is 0.837 bits per heavy atom. The summed E-state index contributed by atoms with van der Waals surface area (Å²) < 4.78 is 22.6. The fourth-order valence-electron chi connectivity index (χ4n) is 4.00. The van der Waals surface area contributed by atoms with E-state index in [1.807, 2.05) is 61.5 Å². The predicted molar refractivity (Wildman–Crippen MR) is 164 cm³/mol. The molecule has 0 radical (unpaired) electrons. The highest BCUT2D eigenvalue weighted by Crippen LogP contribution is 2.31. The molecule has 0 unspecified atom stereocenters. The van der Waals surface area contributed by atoms with Crippen LogP contribution >= 0.6 is 11.6 Å². The van der Waals surface area contributed by atoms with Crippen LogP contribution in [0, 0.1) is 11.3 Å². The van der Waals surface area contributed by atoms with Crippen LogP contribution in [0.25, 0.3) is 6.08 Å². The summed E-state index contributed by atoms with van der Waals surface area (Å²) in [6.45, 7) is 2.95. The zero-order valence-corrected chi connectivity index (χ0v) is 24.4. The topological polar surface area (TPSA) is 107 Å². The van der Waals surface area contributed by atoms with Crippen LogP contribution < -0.4 is 19.5 Å². The van der Waals surface area contributed by atoms with Crippen LogP contribution in [0.2, 0.25) is 5.02 Å². The molecule has 43 heavy (non-hydrogen) atoms. The van der Waals surface area contributed by atoms with E-state index in [-0.39, 0.29) is 12.2 Å². The quantitative estimate of drug-likeness (QED) is 0.104. The summed E-state index contributed by atoms with van der Waals surface area (Å²) in [6, 6.07) is 28.4. The number of rotatable bonds is 12. The molecule has 8 nitrogen and oxygen atoms in total. The van der Waals surface area contributed by atoms with Crippen molar-refractivity contribution in [3.05, 3.63) is 124 Å². The zero-order valence-electron chi connectivity index (χ0n) is 23.6. The van der Waals surface area contributed by atoms with Gasteiger partial charge in [-0.05, 0) is 78.7 Å². The van der Waals surface area contributed by atoms with E-state index < -0.39 is 11.9 Å². The van der Waals surface area contributed by atoms with E-state index in [9.17, 15) is 14.9 Å². The summed E-state index contributed by atoms with van der Waals surface area (Å²) in [7, 11) is 1.28. The Morgan fingerprint density at radius 3 is 2.23 bits per heavy atom. The van der Waals surface area contributed by atoms with E-state index >= 15 is 0 Å². The number of nitrogens with zero attached hydrogens (tertiary/aromatic N) is 1. The molecule has 1 amide bonds. The highest BCUT2D eigenvalue weighted by Gasteiger charge is 2.14. The van der Waals surface area contributed by atoms with Crippen LogP contribution in [0.1, 0.15) is 34.0 Å². The molecule has 1 N–H and O–H groups in total. The van der Waals surface area contributed by atoms with Crippen molar-refractivity contribution in [1.82, 2.24) is 0 Å². The highest BCUT2D eigenvalue weighted by molar-refractivity contribution is 6.30. The number of nitrogens with one attached hydrogen (secondary N) is 1. The van der Waals surface area contributed by atoms with Crippen molar-refractivity contribution in [2.45, 2.75) is 20.1 Å². The van der Waals surface area contributed by atoms with E-state index in [1.54, 1.807) is 30.3 Å². The maximum Gasteiger partial charge on any atom is 0.337 e. The number of methoxy groups -OCH3 is 1. The largest absolute Gasteiger partial charge is 0.490 e. The van der Waals surface area contributed by atoms with Crippen LogP contribution in [-0.2, 0) is 22.7 Å². The fourth-order valence-corrected chi connectivity index (χ4v) is 4.18. The minimum Gasteiger partial charge on any atom is -0.490 e. The summed E-state index contributed by atoms with van der Waals surface area (Å²) >= 11 is 6.23. The van der Waals surface area contributed by atoms with Gasteiger partial charge in [0.25, 0.3) is 5.91 Å². The molecular weight excluding hydrogens is 568 g/mol. The van der Waals surface area contributed by atoms with Gasteiger partial charge in [0.1, 0.15) is 30.6 Å². The number of ether oxygens (including phenoxy) is 4. The van der Waals surface area contributed by atoms with Gasteiger partial charge in [0.15, 0.2) is 11.5 Å². The van der Waals surface area contributed by atoms with E-state index in [2.05, 4.69) is 10.1 Å². The number of nitriles is 1. The number of halogens is 1. The second-order valence-corrected chi connectivity index (χ2v) is 9.59. The van der Waals surface area contributed by atoms with Crippen molar-refractivity contribution >= 4 is 35.2 Å². The van der Waals surface area contributed by atoms with E-state index in [0.29, 0.717) is 52.3 Å². The molecule has 0 aliphatic rings. The maximum atomic E-state index is 12.9.